The highest BCUT2D eigenvalue weighted by atomic mass is 19.1. The lowest BCUT2D eigenvalue weighted by Crippen LogP contribution is -2.00. The molecule has 0 heterocycles. The third-order valence-corrected chi connectivity index (χ3v) is 1.83. The molecule has 1 rings (SSSR count). The second-order valence-corrected chi connectivity index (χ2v) is 2.91. The van der Waals surface area contributed by atoms with E-state index in [9.17, 15) is 14.0 Å². The van der Waals surface area contributed by atoms with Crippen LogP contribution in [0.15, 0.2) is 30.1 Å². The predicted molar refractivity (Wildman–Crippen MR) is 54.5 cm³/mol. The number of carbonyl (C=O) groups excluding carboxylic acids is 1. The van der Waals surface area contributed by atoms with Crippen molar-refractivity contribution in [2.45, 2.75) is 0 Å². The van der Waals surface area contributed by atoms with Crippen LogP contribution in [0.5, 0.6) is 0 Å². The van der Waals surface area contributed by atoms with Crippen LogP contribution in [0.25, 0.3) is 6.08 Å². The van der Waals surface area contributed by atoms with Crippen molar-refractivity contribution in [2.75, 3.05) is 7.11 Å². The minimum absolute atomic E-state index is 0.315. The molecule has 1 N–H and O–H groups in total. The van der Waals surface area contributed by atoms with Gasteiger partial charge in [0.05, 0.1) is 12.7 Å². The summed E-state index contributed by atoms with van der Waals surface area (Å²) < 4.78 is 17.2. The number of halogens is 1. The van der Waals surface area contributed by atoms with E-state index >= 15 is 0 Å². The second kappa shape index (κ2) is 5.06. The van der Waals surface area contributed by atoms with Crippen molar-refractivity contribution < 1.29 is 23.8 Å². The molecule has 0 amide bonds. The van der Waals surface area contributed by atoms with Crippen molar-refractivity contribution >= 4 is 18.0 Å². The Balaban J connectivity index is 2.91. The molecule has 4 nitrogen and oxygen atoms in total. The summed E-state index contributed by atoms with van der Waals surface area (Å²) in [5, 5.41) is 8.31. The van der Waals surface area contributed by atoms with E-state index in [4.69, 9.17) is 5.11 Å². The number of methoxy groups -OCH3 is 1. The highest BCUT2D eigenvalue weighted by Gasteiger charge is 2.06. The summed E-state index contributed by atoms with van der Waals surface area (Å²) in [6.45, 7) is 0. The molecule has 0 saturated carbocycles. The number of carboxylic acids is 1. The Bertz CT molecular complexity index is 434. The fourth-order valence-electron chi connectivity index (χ4n) is 1.04. The van der Waals surface area contributed by atoms with Crippen molar-refractivity contribution in [2.24, 2.45) is 0 Å². The van der Waals surface area contributed by atoms with Gasteiger partial charge in [-0.05, 0) is 23.8 Å². The van der Waals surface area contributed by atoms with E-state index in [1.54, 1.807) is 0 Å². The van der Waals surface area contributed by atoms with Gasteiger partial charge in [-0.25, -0.2) is 9.59 Å². The van der Waals surface area contributed by atoms with Crippen LogP contribution in [0.1, 0.15) is 15.9 Å². The molecule has 0 aliphatic rings. The fraction of sp³-hybridized carbons (Fsp3) is 0.0909. The van der Waals surface area contributed by atoms with Crippen LogP contribution in [0.4, 0.5) is 4.39 Å². The molecular formula is C11H9FO4. The molecule has 0 fully saturated rings. The Labute approximate surface area is 91.0 Å². The largest absolute Gasteiger partial charge is 0.476 e. The number of hydrogen-bond donors (Lipinski definition) is 1. The predicted octanol–water partition coefficient (Wildman–Crippen LogP) is 1.87. The lowest BCUT2D eigenvalue weighted by atomic mass is 10.1. The van der Waals surface area contributed by atoms with E-state index in [0.717, 1.165) is 6.08 Å². The summed E-state index contributed by atoms with van der Waals surface area (Å²) in [5.41, 5.74) is 0.669. The molecule has 0 saturated heterocycles. The molecule has 0 aromatic heterocycles. The van der Waals surface area contributed by atoms with Crippen LogP contribution in [-0.4, -0.2) is 24.2 Å². The highest BCUT2D eigenvalue weighted by Crippen LogP contribution is 2.10. The standard InChI is InChI=1S/C11H9FO4/c1-16-11(15)8-4-2-7(3-5-8)6-9(12)10(13)14/h2-6H,1H3,(H,13,14). The Hall–Kier alpha value is -2.17. The fourth-order valence-corrected chi connectivity index (χ4v) is 1.04. The average molecular weight is 224 g/mol. The topological polar surface area (TPSA) is 63.6 Å². The number of ether oxygens (including phenoxy) is 1. The normalized spacial score (nSPS) is 11.0. The molecule has 0 aliphatic carbocycles. The molecule has 84 valence electrons. The van der Waals surface area contributed by atoms with Gasteiger partial charge in [-0.1, -0.05) is 12.1 Å². The number of carboxylic acid groups (broad SMARTS) is 1. The quantitative estimate of drug-likeness (QED) is 0.628. The van der Waals surface area contributed by atoms with Gasteiger partial charge in [0.1, 0.15) is 0 Å². The Morgan fingerprint density at radius 1 is 1.31 bits per heavy atom. The zero-order valence-electron chi connectivity index (χ0n) is 8.44. The maximum absolute atomic E-state index is 12.7. The monoisotopic (exact) mass is 224 g/mol. The highest BCUT2D eigenvalue weighted by molar-refractivity contribution is 5.91. The van der Waals surface area contributed by atoms with Crippen molar-refractivity contribution in [3.63, 3.8) is 0 Å². The van der Waals surface area contributed by atoms with Crippen LogP contribution >= 0.6 is 0 Å². The molecule has 0 aliphatic heterocycles. The zero-order valence-corrected chi connectivity index (χ0v) is 8.44. The molecule has 5 heteroatoms. The lowest BCUT2D eigenvalue weighted by Gasteiger charge is -1.99. The molecular weight excluding hydrogens is 215 g/mol. The first-order valence-corrected chi connectivity index (χ1v) is 4.33. The third kappa shape index (κ3) is 2.91. The summed E-state index contributed by atoms with van der Waals surface area (Å²) in [7, 11) is 1.25. The van der Waals surface area contributed by atoms with E-state index in [1.807, 2.05) is 0 Å². The lowest BCUT2D eigenvalue weighted by molar-refractivity contribution is -0.134. The van der Waals surface area contributed by atoms with Crippen molar-refractivity contribution in [1.29, 1.82) is 0 Å². The molecule has 0 unspecified atom stereocenters. The van der Waals surface area contributed by atoms with Crippen LogP contribution in [0, 0.1) is 0 Å². The van der Waals surface area contributed by atoms with Gasteiger partial charge in [-0.3, -0.25) is 0 Å². The van der Waals surface area contributed by atoms with Gasteiger partial charge in [0.25, 0.3) is 0 Å². The van der Waals surface area contributed by atoms with Gasteiger partial charge in [-0.2, -0.15) is 4.39 Å². The van der Waals surface area contributed by atoms with Gasteiger partial charge in [0, 0.05) is 0 Å². The number of benzene rings is 1. The summed E-state index contributed by atoms with van der Waals surface area (Å²) in [4.78, 5) is 21.3. The molecule has 0 atom stereocenters. The number of aliphatic carboxylic acids is 1. The minimum Gasteiger partial charge on any atom is -0.476 e. The van der Waals surface area contributed by atoms with E-state index in [1.165, 1.54) is 31.4 Å². The van der Waals surface area contributed by atoms with E-state index < -0.39 is 17.8 Å². The van der Waals surface area contributed by atoms with Crippen LogP contribution in [-0.2, 0) is 9.53 Å². The van der Waals surface area contributed by atoms with Crippen LogP contribution < -0.4 is 0 Å². The van der Waals surface area contributed by atoms with Gasteiger partial charge in [0.2, 0.25) is 5.83 Å². The minimum atomic E-state index is -1.63. The number of carbonyl (C=O) groups is 2. The summed E-state index contributed by atoms with van der Waals surface area (Å²) in [6.07, 6.45) is 0.864. The molecule has 0 bridgehead atoms. The van der Waals surface area contributed by atoms with Crippen molar-refractivity contribution in [3.05, 3.63) is 41.2 Å². The first kappa shape index (κ1) is 11.9. The Kier molecular flexibility index (Phi) is 3.77. The van der Waals surface area contributed by atoms with E-state index in [2.05, 4.69) is 4.74 Å². The third-order valence-electron chi connectivity index (χ3n) is 1.83. The maximum atomic E-state index is 12.7. The summed E-state index contributed by atoms with van der Waals surface area (Å²) in [6, 6.07) is 5.70. The second-order valence-electron chi connectivity index (χ2n) is 2.91. The number of esters is 1. The first-order valence-electron chi connectivity index (χ1n) is 4.33. The number of hydrogen-bond acceptors (Lipinski definition) is 3. The van der Waals surface area contributed by atoms with E-state index in [0.29, 0.717) is 11.1 Å². The molecule has 1 aromatic rings. The van der Waals surface area contributed by atoms with Crippen molar-refractivity contribution in [3.8, 4) is 0 Å². The molecule has 0 radical (unpaired) electrons. The Morgan fingerprint density at radius 2 is 1.88 bits per heavy atom. The zero-order chi connectivity index (χ0) is 12.1. The SMILES string of the molecule is COC(=O)c1ccc(C=C(F)C(=O)O)cc1. The van der Waals surface area contributed by atoms with Crippen LogP contribution in [0.3, 0.4) is 0 Å². The maximum Gasteiger partial charge on any atom is 0.364 e. The summed E-state index contributed by atoms with van der Waals surface area (Å²) in [5.74, 6) is -3.39. The summed E-state index contributed by atoms with van der Waals surface area (Å²) >= 11 is 0. The smallest absolute Gasteiger partial charge is 0.364 e. The molecule has 16 heavy (non-hydrogen) atoms. The van der Waals surface area contributed by atoms with Crippen molar-refractivity contribution in [1.82, 2.24) is 0 Å². The average Bonchev–Trinajstić information content (AvgIpc) is 2.28. The van der Waals surface area contributed by atoms with Gasteiger partial charge < -0.3 is 9.84 Å². The first-order chi connectivity index (χ1) is 7.54. The van der Waals surface area contributed by atoms with Gasteiger partial charge in [0.15, 0.2) is 0 Å². The van der Waals surface area contributed by atoms with E-state index in [-0.39, 0.29) is 0 Å². The Morgan fingerprint density at radius 3 is 2.31 bits per heavy atom. The molecule has 0 spiro atoms. The molecule has 1 aromatic carbocycles. The van der Waals surface area contributed by atoms with Gasteiger partial charge in [-0.15, -0.1) is 0 Å². The number of rotatable bonds is 3. The van der Waals surface area contributed by atoms with Gasteiger partial charge >= 0.3 is 11.9 Å². The van der Waals surface area contributed by atoms with Crippen LogP contribution in [0.2, 0.25) is 0 Å².